The first-order valence-corrected chi connectivity index (χ1v) is 8.30. The summed E-state index contributed by atoms with van der Waals surface area (Å²) in [7, 11) is 0. The van der Waals surface area contributed by atoms with E-state index < -0.39 is 0 Å². The number of carbonyl (C=O) groups is 1. The summed E-state index contributed by atoms with van der Waals surface area (Å²) < 4.78 is 1.95. The van der Waals surface area contributed by atoms with Crippen LogP contribution in [0.2, 0.25) is 5.02 Å². The molecule has 2 heterocycles. The first kappa shape index (κ1) is 15.4. The van der Waals surface area contributed by atoms with Crippen LogP contribution in [0.25, 0.3) is 10.9 Å². The number of carbonyl (C=O) groups excluding carboxylic acids is 1. The van der Waals surface area contributed by atoms with Crippen molar-refractivity contribution in [3.05, 3.63) is 35.5 Å². The van der Waals surface area contributed by atoms with Gasteiger partial charge in [0.15, 0.2) is 0 Å². The monoisotopic (exact) mass is 319 g/mol. The number of nitrogens with zero attached hydrogens (tertiary/aromatic N) is 2. The van der Waals surface area contributed by atoms with Gasteiger partial charge >= 0.3 is 0 Å². The molecular formula is C17H22ClN3O. The Morgan fingerprint density at radius 1 is 1.41 bits per heavy atom. The molecule has 1 N–H and O–H groups in total. The van der Waals surface area contributed by atoms with Crippen LogP contribution >= 0.6 is 11.6 Å². The van der Waals surface area contributed by atoms with E-state index in [2.05, 4.69) is 17.1 Å². The average molecular weight is 320 g/mol. The molecular weight excluding hydrogens is 298 g/mol. The summed E-state index contributed by atoms with van der Waals surface area (Å²) in [6.07, 6.45) is 4.35. The minimum atomic E-state index is 0.0560. The third-order valence-electron chi connectivity index (χ3n) is 4.49. The summed E-state index contributed by atoms with van der Waals surface area (Å²) in [4.78, 5) is 14.6. The van der Waals surface area contributed by atoms with E-state index in [-0.39, 0.29) is 5.91 Å². The number of amides is 1. The van der Waals surface area contributed by atoms with Crippen molar-refractivity contribution in [2.75, 3.05) is 19.6 Å². The van der Waals surface area contributed by atoms with Gasteiger partial charge in [-0.05, 0) is 49.5 Å². The summed E-state index contributed by atoms with van der Waals surface area (Å²) in [5.41, 5.74) is 0.999. The molecule has 0 bridgehead atoms. The van der Waals surface area contributed by atoms with Gasteiger partial charge in [0.25, 0.3) is 0 Å². The lowest BCUT2D eigenvalue weighted by Gasteiger charge is -2.22. The molecule has 1 amide bonds. The van der Waals surface area contributed by atoms with E-state index in [9.17, 15) is 4.79 Å². The van der Waals surface area contributed by atoms with Crippen LogP contribution in [0.15, 0.2) is 30.5 Å². The Bertz CT molecular complexity index is 667. The van der Waals surface area contributed by atoms with Gasteiger partial charge in [-0.1, -0.05) is 24.6 Å². The molecule has 0 aliphatic carbocycles. The van der Waals surface area contributed by atoms with Crippen molar-refractivity contribution >= 4 is 28.4 Å². The summed E-state index contributed by atoms with van der Waals surface area (Å²) in [6, 6.07) is 8.25. The van der Waals surface area contributed by atoms with Crippen molar-refractivity contribution in [2.45, 2.75) is 32.4 Å². The van der Waals surface area contributed by atoms with Crippen molar-refractivity contribution in [1.82, 2.24) is 14.8 Å². The van der Waals surface area contributed by atoms with Crippen molar-refractivity contribution in [3.8, 4) is 0 Å². The second kappa shape index (κ2) is 6.71. The highest BCUT2D eigenvalue weighted by Crippen LogP contribution is 2.20. The number of halogens is 1. The SMILES string of the molecule is CCN1CCCC1CNC(=O)Cn1ccc2ccc(Cl)cc21. The highest BCUT2D eigenvalue weighted by Gasteiger charge is 2.23. The molecule has 118 valence electrons. The average Bonchev–Trinajstić information content (AvgIpc) is 3.12. The number of rotatable bonds is 5. The lowest BCUT2D eigenvalue weighted by molar-refractivity contribution is -0.121. The summed E-state index contributed by atoms with van der Waals surface area (Å²) in [5, 5.41) is 4.87. The summed E-state index contributed by atoms with van der Waals surface area (Å²) >= 11 is 6.04. The van der Waals surface area contributed by atoms with Crippen molar-refractivity contribution in [2.24, 2.45) is 0 Å². The Kier molecular flexibility index (Phi) is 4.69. The van der Waals surface area contributed by atoms with Crippen LogP contribution in [-0.4, -0.2) is 41.1 Å². The van der Waals surface area contributed by atoms with Gasteiger partial charge in [-0.3, -0.25) is 9.69 Å². The molecule has 4 nitrogen and oxygen atoms in total. The van der Waals surface area contributed by atoms with Crippen LogP contribution in [0.4, 0.5) is 0 Å². The Morgan fingerprint density at radius 2 is 2.27 bits per heavy atom. The number of hydrogen-bond acceptors (Lipinski definition) is 2. The van der Waals surface area contributed by atoms with Gasteiger partial charge in [0, 0.05) is 29.3 Å². The molecule has 3 rings (SSSR count). The van der Waals surface area contributed by atoms with Gasteiger partial charge in [0.2, 0.25) is 5.91 Å². The fourth-order valence-electron chi connectivity index (χ4n) is 3.28. The molecule has 1 aliphatic heterocycles. The number of benzene rings is 1. The van der Waals surface area contributed by atoms with E-state index in [1.54, 1.807) is 0 Å². The van der Waals surface area contributed by atoms with E-state index in [4.69, 9.17) is 11.6 Å². The van der Waals surface area contributed by atoms with E-state index in [0.29, 0.717) is 17.6 Å². The lowest BCUT2D eigenvalue weighted by Crippen LogP contribution is -2.40. The van der Waals surface area contributed by atoms with Crippen LogP contribution in [0.1, 0.15) is 19.8 Å². The molecule has 1 aliphatic rings. The Balaban J connectivity index is 1.60. The van der Waals surface area contributed by atoms with Gasteiger partial charge in [-0.15, -0.1) is 0 Å². The quantitative estimate of drug-likeness (QED) is 0.920. The van der Waals surface area contributed by atoms with Gasteiger partial charge in [-0.25, -0.2) is 0 Å². The third kappa shape index (κ3) is 3.28. The zero-order chi connectivity index (χ0) is 15.5. The molecule has 1 atom stereocenters. The fraction of sp³-hybridized carbons (Fsp3) is 0.471. The predicted octanol–water partition coefficient (Wildman–Crippen LogP) is 2.90. The van der Waals surface area contributed by atoms with E-state index in [1.807, 2.05) is 35.0 Å². The zero-order valence-electron chi connectivity index (χ0n) is 12.9. The molecule has 2 aromatic rings. The first-order chi connectivity index (χ1) is 10.7. The van der Waals surface area contributed by atoms with E-state index >= 15 is 0 Å². The number of fused-ring (bicyclic) bond motifs is 1. The second-order valence-corrected chi connectivity index (χ2v) is 6.31. The maximum Gasteiger partial charge on any atom is 0.239 e. The van der Waals surface area contributed by atoms with Gasteiger partial charge in [0.05, 0.1) is 0 Å². The number of likely N-dealkylation sites (tertiary alicyclic amines) is 1. The number of likely N-dealkylation sites (N-methyl/N-ethyl adjacent to an activating group) is 1. The van der Waals surface area contributed by atoms with Gasteiger partial charge < -0.3 is 9.88 Å². The van der Waals surface area contributed by atoms with Crippen LogP contribution in [0.5, 0.6) is 0 Å². The Hall–Kier alpha value is -1.52. The van der Waals surface area contributed by atoms with Crippen LogP contribution in [0.3, 0.4) is 0 Å². The molecule has 5 heteroatoms. The largest absolute Gasteiger partial charge is 0.353 e. The normalized spacial score (nSPS) is 18.9. The Labute approximate surface area is 136 Å². The molecule has 0 radical (unpaired) electrons. The van der Waals surface area contributed by atoms with Crippen molar-refractivity contribution in [3.63, 3.8) is 0 Å². The summed E-state index contributed by atoms with van der Waals surface area (Å²) in [6.45, 7) is 5.46. The first-order valence-electron chi connectivity index (χ1n) is 7.92. The van der Waals surface area contributed by atoms with Crippen molar-refractivity contribution < 1.29 is 4.79 Å². The lowest BCUT2D eigenvalue weighted by atomic mass is 10.2. The number of aromatic nitrogens is 1. The minimum Gasteiger partial charge on any atom is -0.353 e. The minimum absolute atomic E-state index is 0.0560. The van der Waals surface area contributed by atoms with Crippen LogP contribution in [-0.2, 0) is 11.3 Å². The molecule has 1 unspecified atom stereocenters. The standard InChI is InChI=1S/C17H22ClN3O/c1-2-20-8-3-4-15(20)11-19-17(22)12-21-9-7-13-5-6-14(18)10-16(13)21/h5-7,9-10,15H,2-4,8,11-12H2,1H3,(H,19,22). The third-order valence-corrected chi connectivity index (χ3v) is 4.73. The van der Waals surface area contributed by atoms with Crippen LogP contribution in [0, 0.1) is 0 Å². The number of hydrogen-bond donors (Lipinski definition) is 1. The molecule has 0 spiro atoms. The smallest absolute Gasteiger partial charge is 0.239 e. The predicted molar refractivity (Wildman–Crippen MR) is 90.2 cm³/mol. The topological polar surface area (TPSA) is 37.3 Å². The maximum absolute atomic E-state index is 12.2. The molecule has 1 aromatic carbocycles. The molecule has 0 saturated carbocycles. The molecule has 1 saturated heterocycles. The van der Waals surface area contributed by atoms with Gasteiger partial charge in [-0.2, -0.15) is 0 Å². The molecule has 1 aromatic heterocycles. The Morgan fingerprint density at radius 3 is 3.09 bits per heavy atom. The highest BCUT2D eigenvalue weighted by atomic mass is 35.5. The van der Waals surface area contributed by atoms with E-state index in [1.165, 1.54) is 12.8 Å². The fourth-order valence-corrected chi connectivity index (χ4v) is 3.45. The maximum atomic E-state index is 12.2. The van der Waals surface area contributed by atoms with Crippen molar-refractivity contribution in [1.29, 1.82) is 0 Å². The van der Waals surface area contributed by atoms with Gasteiger partial charge in [0.1, 0.15) is 6.54 Å². The molecule has 1 fully saturated rings. The van der Waals surface area contributed by atoms with Crippen LogP contribution < -0.4 is 5.32 Å². The van der Waals surface area contributed by atoms with E-state index in [0.717, 1.165) is 30.5 Å². The molecule has 22 heavy (non-hydrogen) atoms. The number of nitrogens with one attached hydrogen (secondary N) is 1. The second-order valence-electron chi connectivity index (χ2n) is 5.88. The zero-order valence-corrected chi connectivity index (χ0v) is 13.6. The highest BCUT2D eigenvalue weighted by molar-refractivity contribution is 6.31. The summed E-state index contributed by atoms with van der Waals surface area (Å²) in [5.74, 6) is 0.0560.